The van der Waals surface area contributed by atoms with Crippen LogP contribution in [0.15, 0.2) is 71.9 Å². The molecular weight excluding hydrogens is 338 g/mol. The molecule has 0 amide bonds. The van der Waals surface area contributed by atoms with Gasteiger partial charge in [-0.3, -0.25) is 4.79 Å². The lowest BCUT2D eigenvalue weighted by atomic mass is 9.66. The van der Waals surface area contributed by atoms with Crippen LogP contribution in [0.5, 0.6) is 0 Å². The van der Waals surface area contributed by atoms with Gasteiger partial charge in [-0.1, -0.05) is 60.7 Å². The first-order chi connectivity index (χ1) is 13.0. The average Bonchev–Trinajstić information content (AvgIpc) is 2.98. The highest BCUT2D eigenvalue weighted by molar-refractivity contribution is 5.97. The number of Topliss-reactive ketones (excluding diaryl/α,β-unsaturated/α-hetero) is 1. The van der Waals surface area contributed by atoms with Crippen molar-refractivity contribution >= 4 is 5.78 Å². The molecule has 1 aliphatic carbocycles. The molecule has 2 unspecified atom stereocenters. The number of hydrogen-bond acceptors (Lipinski definition) is 5. The molecule has 0 aliphatic heterocycles. The van der Waals surface area contributed by atoms with Crippen LogP contribution >= 0.6 is 0 Å². The molecule has 0 radical (unpaired) electrons. The Balaban J connectivity index is 2.18. The van der Waals surface area contributed by atoms with Crippen LogP contribution in [0.4, 0.5) is 0 Å². The molecule has 0 aromatic heterocycles. The van der Waals surface area contributed by atoms with E-state index < -0.39 is 11.0 Å². The summed E-state index contributed by atoms with van der Waals surface area (Å²) < 4.78 is 5.88. The van der Waals surface area contributed by atoms with E-state index in [1.54, 1.807) is 24.3 Å². The zero-order valence-electron chi connectivity index (χ0n) is 15.0. The fourth-order valence-electron chi connectivity index (χ4n) is 3.89. The zero-order valence-corrected chi connectivity index (χ0v) is 15.0. The number of nitrogens with zero attached hydrogens (tertiary/aromatic N) is 2. The summed E-state index contributed by atoms with van der Waals surface area (Å²) in [5.41, 5.74) is 5.21. The molecule has 27 heavy (non-hydrogen) atoms. The minimum absolute atomic E-state index is 0.113. The number of carbonyl (C=O) groups excluding carboxylic acids is 1. The summed E-state index contributed by atoms with van der Waals surface area (Å²) in [6.07, 6.45) is -0.0290. The van der Waals surface area contributed by atoms with Gasteiger partial charge in [-0.15, -0.1) is 0 Å². The maximum Gasteiger partial charge on any atom is 0.164 e. The smallest absolute Gasteiger partial charge is 0.164 e. The van der Waals surface area contributed by atoms with Crippen LogP contribution in [0.3, 0.4) is 0 Å². The Morgan fingerprint density at radius 2 is 1.70 bits per heavy atom. The third-order valence-corrected chi connectivity index (χ3v) is 5.34. The van der Waals surface area contributed by atoms with Crippen LogP contribution in [0.1, 0.15) is 28.8 Å². The molecule has 2 aromatic rings. The first-order valence-electron chi connectivity index (χ1n) is 8.54. The fourth-order valence-corrected chi connectivity index (χ4v) is 3.89. The lowest BCUT2D eigenvalue weighted by molar-refractivity contribution is -0.0705. The summed E-state index contributed by atoms with van der Waals surface area (Å²) in [5.74, 6) is -0.225. The molecule has 0 saturated carbocycles. The lowest BCUT2D eigenvalue weighted by Crippen LogP contribution is -2.47. The lowest BCUT2D eigenvalue weighted by Gasteiger charge is -2.41. The molecular formula is C22H19N3O2. The largest absolute Gasteiger partial charge is 0.400 e. The van der Waals surface area contributed by atoms with Crippen molar-refractivity contribution in [2.45, 2.75) is 18.4 Å². The maximum atomic E-state index is 13.0. The molecule has 2 aromatic carbocycles. The van der Waals surface area contributed by atoms with Gasteiger partial charge in [0.15, 0.2) is 5.78 Å². The summed E-state index contributed by atoms with van der Waals surface area (Å²) in [7, 11) is 1.49. The van der Waals surface area contributed by atoms with Crippen molar-refractivity contribution in [2.24, 2.45) is 11.1 Å². The summed E-state index contributed by atoms with van der Waals surface area (Å²) in [6, 6.07) is 22.3. The first-order valence-corrected chi connectivity index (χ1v) is 8.54. The van der Waals surface area contributed by atoms with E-state index in [1.165, 1.54) is 7.11 Å². The molecule has 0 heterocycles. The first kappa shape index (κ1) is 18.4. The van der Waals surface area contributed by atoms with E-state index in [0.29, 0.717) is 11.1 Å². The third kappa shape index (κ3) is 2.70. The second-order valence-electron chi connectivity index (χ2n) is 6.56. The van der Waals surface area contributed by atoms with Gasteiger partial charge in [0.1, 0.15) is 11.0 Å². The average molecular weight is 357 g/mol. The number of carbonyl (C=O) groups is 1. The van der Waals surface area contributed by atoms with Crippen LogP contribution < -0.4 is 5.73 Å². The van der Waals surface area contributed by atoms with Crippen molar-refractivity contribution in [3.63, 3.8) is 0 Å². The van der Waals surface area contributed by atoms with E-state index in [-0.39, 0.29) is 29.9 Å². The Labute approximate surface area is 158 Å². The zero-order chi connectivity index (χ0) is 19.5. The quantitative estimate of drug-likeness (QED) is 0.826. The predicted molar refractivity (Wildman–Crippen MR) is 100 cm³/mol. The summed E-state index contributed by atoms with van der Waals surface area (Å²) >= 11 is 0. The SMILES string of the molecule is COC1(c2ccccc2)CC(C#N)=C(N)C1(C#N)CC(=O)c1ccccc1. The Morgan fingerprint density at radius 1 is 1.11 bits per heavy atom. The number of rotatable bonds is 5. The van der Waals surface area contributed by atoms with Gasteiger partial charge < -0.3 is 10.5 Å². The van der Waals surface area contributed by atoms with E-state index in [2.05, 4.69) is 12.1 Å². The van der Waals surface area contributed by atoms with Gasteiger partial charge in [0.25, 0.3) is 0 Å². The normalized spacial score (nSPS) is 24.3. The van der Waals surface area contributed by atoms with Crippen LogP contribution in [0.2, 0.25) is 0 Å². The van der Waals surface area contributed by atoms with Crippen LogP contribution in [-0.4, -0.2) is 12.9 Å². The van der Waals surface area contributed by atoms with Gasteiger partial charge in [-0.05, 0) is 5.56 Å². The minimum Gasteiger partial charge on any atom is -0.400 e. The van der Waals surface area contributed by atoms with Crippen LogP contribution in [-0.2, 0) is 10.3 Å². The molecule has 5 heteroatoms. The topological polar surface area (TPSA) is 99.9 Å². The molecule has 0 saturated heterocycles. The Bertz CT molecular complexity index is 970. The Morgan fingerprint density at radius 3 is 2.22 bits per heavy atom. The molecule has 3 rings (SSSR count). The Hall–Kier alpha value is -3.41. The number of nitrogens with two attached hydrogens (primary N) is 1. The highest BCUT2D eigenvalue weighted by Crippen LogP contribution is 2.57. The number of ether oxygens (including phenoxy) is 1. The molecule has 0 bridgehead atoms. The van der Waals surface area contributed by atoms with Gasteiger partial charge >= 0.3 is 0 Å². The van der Waals surface area contributed by atoms with Gasteiger partial charge in [0.2, 0.25) is 0 Å². The highest BCUT2D eigenvalue weighted by Gasteiger charge is 2.62. The van der Waals surface area contributed by atoms with Crippen molar-refractivity contribution in [2.75, 3.05) is 7.11 Å². The summed E-state index contributed by atoms with van der Waals surface area (Å²) in [6.45, 7) is 0. The number of benzene rings is 2. The number of methoxy groups -OCH3 is 1. The third-order valence-electron chi connectivity index (χ3n) is 5.34. The number of ketones is 1. The molecule has 134 valence electrons. The second kappa shape index (κ2) is 7.07. The van der Waals surface area contributed by atoms with Gasteiger partial charge in [-0.25, -0.2) is 0 Å². The fraction of sp³-hybridized carbons (Fsp3) is 0.227. The van der Waals surface area contributed by atoms with Gasteiger partial charge in [0, 0.05) is 31.2 Å². The summed E-state index contributed by atoms with van der Waals surface area (Å²) in [5, 5.41) is 19.8. The van der Waals surface area contributed by atoms with Gasteiger partial charge in [0.05, 0.1) is 17.7 Å². The Kier molecular flexibility index (Phi) is 4.81. The van der Waals surface area contributed by atoms with E-state index in [4.69, 9.17) is 10.5 Å². The predicted octanol–water partition coefficient (Wildman–Crippen LogP) is 3.45. The standard InChI is InChI=1S/C22H19N3O2/c1-27-22(18-10-6-3-7-11-18)12-17(14-23)20(25)21(22,15-24)13-19(26)16-8-4-2-5-9-16/h2-11H,12-13,25H2,1H3. The van der Waals surface area contributed by atoms with Crippen LogP contribution in [0, 0.1) is 28.1 Å². The van der Waals surface area contributed by atoms with E-state index in [0.717, 1.165) is 0 Å². The maximum absolute atomic E-state index is 13.0. The monoisotopic (exact) mass is 357 g/mol. The second-order valence-corrected chi connectivity index (χ2v) is 6.56. The minimum atomic E-state index is -1.47. The molecule has 0 spiro atoms. The van der Waals surface area contributed by atoms with Crippen molar-refractivity contribution in [1.82, 2.24) is 0 Å². The summed E-state index contributed by atoms with van der Waals surface area (Å²) in [4.78, 5) is 13.0. The van der Waals surface area contributed by atoms with E-state index in [9.17, 15) is 15.3 Å². The van der Waals surface area contributed by atoms with Crippen molar-refractivity contribution < 1.29 is 9.53 Å². The number of nitriles is 2. The number of hydrogen-bond donors (Lipinski definition) is 1. The van der Waals surface area contributed by atoms with Crippen molar-refractivity contribution in [1.29, 1.82) is 10.5 Å². The molecule has 0 fully saturated rings. The molecule has 2 N–H and O–H groups in total. The molecule has 2 atom stereocenters. The van der Waals surface area contributed by atoms with Crippen molar-refractivity contribution in [3.05, 3.63) is 83.1 Å². The van der Waals surface area contributed by atoms with E-state index in [1.807, 2.05) is 36.4 Å². The molecule has 5 nitrogen and oxygen atoms in total. The highest BCUT2D eigenvalue weighted by atomic mass is 16.5. The van der Waals surface area contributed by atoms with Crippen LogP contribution in [0.25, 0.3) is 0 Å². The van der Waals surface area contributed by atoms with Gasteiger partial charge in [-0.2, -0.15) is 10.5 Å². The van der Waals surface area contributed by atoms with Crippen molar-refractivity contribution in [3.8, 4) is 12.1 Å². The molecule has 1 aliphatic rings. The van der Waals surface area contributed by atoms with E-state index >= 15 is 0 Å².